The van der Waals surface area contributed by atoms with Crippen molar-refractivity contribution in [3.63, 3.8) is 0 Å². The van der Waals surface area contributed by atoms with E-state index in [0.29, 0.717) is 17.0 Å². The van der Waals surface area contributed by atoms with Gasteiger partial charge in [-0.15, -0.1) is 11.3 Å². The maximum absolute atomic E-state index is 14.3. The summed E-state index contributed by atoms with van der Waals surface area (Å²) in [7, 11) is 0. The van der Waals surface area contributed by atoms with Gasteiger partial charge in [-0.1, -0.05) is 48.5 Å². The minimum Gasteiger partial charge on any atom is -0.457 e. The summed E-state index contributed by atoms with van der Waals surface area (Å²) in [6.07, 6.45) is 1.75. The van der Waals surface area contributed by atoms with E-state index in [0.717, 1.165) is 28.5 Å². The Kier molecular flexibility index (Phi) is 6.26. The standard InChI is InChI=1S/C29H28N2O4S/c1-17-25(19(3)32)29(28(34)31-21-13-14-21,23-16-36-24-12-8-7-11-22(23)24)26(18(2)30-17)27(33)35-15-20-9-5-4-6-10-20/h4-12,16,21,30H,13-15H2,1-3H3,(H,31,34). The lowest BCUT2D eigenvalue weighted by molar-refractivity contribution is -0.142. The zero-order valence-electron chi connectivity index (χ0n) is 20.5. The smallest absolute Gasteiger partial charge is 0.337 e. The second kappa shape index (κ2) is 9.39. The molecule has 1 fully saturated rings. The lowest BCUT2D eigenvalue weighted by atomic mass is 9.64. The minimum absolute atomic E-state index is 0.0320. The van der Waals surface area contributed by atoms with Crippen LogP contribution in [0, 0.1) is 0 Å². The van der Waals surface area contributed by atoms with Crippen molar-refractivity contribution in [1.82, 2.24) is 10.6 Å². The molecule has 184 valence electrons. The van der Waals surface area contributed by atoms with Crippen LogP contribution in [0.15, 0.2) is 82.5 Å². The molecule has 2 N–H and O–H groups in total. The van der Waals surface area contributed by atoms with Crippen molar-refractivity contribution in [2.45, 2.75) is 51.7 Å². The van der Waals surface area contributed by atoms with Crippen molar-refractivity contribution in [3.8, 4) is 0 Å². The zero-order chi connectivity index (χ0) is 25.4. The molecule has 2 heterocycles. The van der Waals surface area contributed by atoms with Crippen LogP contribution in [0.25, 0.3) is 10.1 Å². The van der Waals surface area contributed by atoms with Gasteiger partial charge in [-0.2, -0.15) is 0 Å². The predicted octanol–water partition coefficient (Wildman–Crippen LogP) is 4.90. The summed E-state index contributed by atoms with van der Waals surface area (Å²) in [5.41, 5.74) is 1.29. The number of hydrogen-bond donors (Lipinski definition) is 2. The van der Waals surface area contributed by atoms with Crippen molar-refractivity contribution >= 4 is 39.1 Å². The Balaban J connectivity index is 1.73. The largest absolute Gasteiger partial charge is 0.457 e. The van der Waals surface area contributed by atoms with Gasteiger partial charge in [0.1, 0.15) is 12.0 Å². The topological polar surface area (TPSA) is 84.5 Å². The van der Waals surface area contributed by atoms with Crippen molar-refractivity contribution in [1.29, 1.82) is 0 Å². The summed E-state index contributed by atoms with van der Waals surface area (Å²) in [4.78, 5) is 41.5. The highest BCUT2D eigenvalue weighted by Crippen LogP contribution is 2.49. The highest BCUT2D eigenvalue weighted by Gasteiger charge is 2.56. The molecule has 2 aliphatic rings. The normalized spacial score (nSPS) is 19.8. The fourth-order valence-corrected chi connectivity index (χ4v) is 6.14. The van der Waals surface area contributed by atoms with Gasteiger partial charge in [-0.05, 0) is 61.6 Å². The Hall–Kier alpha value is -3.71. The molecule has 0 radical (unpaired) electrons. The van der Waals surface area contributed by atoms with Crippen molar-refractivity contribution < 1.29 is 19.1 Å². The Bertz CT molecular complexity index is 1430. The molecule has 3 aromatic rings. The van der Waals surface area contributed by atoms with Gasteiger partial charge in [0.05, 0.1) is 5.57 Å². The highest BCUT2D eigenvalue weighted by atomic mass is 32.1. The van der Waals surface area contributed by atoms with Gasteiger partial charge >= 0.3 is 5.97 Å². The maximum atomic E-state index is 14.3. The van der Waals surface area contributed by atoms with E-state index in [4.69, 9.17) is 4.74 Å². The molecule has 6 nitrogen and oxygen atoms in total. The summed E-state index contributed by atoms with van der Waals surface area (Å²) in [6.45, 7) is 5.04. The Morgan fingerprint density at radius 2 is 1.67 bits per heavy atom. The lowest BCUT2D eigenvalue weighted by Crippen LogP contribution is -2.54. The van der Waals surface area contributed by atoms with Gasteiger partial charge in [-0.3, -0.25) is 9.59 Å². The van der Waals surface area contributed by atoms with E-state index < -0.39 is 11.4 Å². The number of hydrogen-bond acceptors (Lipinski definition) is 6. The number of rotatable bonds is 7. The maximum Gasteiger partial charge on any atom is 0.337 e. The van der Waals surface area contributed by atoms with Crippen LogP contribution in [0.4, 0.5) is 0 Å². The first-order valence-corrected chi connectivity index (χ1v) is 12.9. The number of nitrogens with one attached hydrogen (secondary N) is 2. The van der Waals surface area contributed by atoms with Crippen LogP contribution in [0.1, 0.15) is 44.7 Å². The number of fused-ring (bicyclic) bond motifs is 1. The molecule has 1 aliphatic heterocycles. The number of ether oxygens (including phenoxy) is 1. The monoisotopic (exact) mass is 500 g/mol. The van der Waals surface area contributed by atoms with Crippen LogP contribution in [0.5, 0.6) is 0 Å². The molecule has 1 amide bonds. The molecule has 0 spiro atoms. The number of carbonyl (C=O) groups is 3. The van der Waals surface area contributed by atoms with E-state index in [-0.39, 0.29) is 35.5 Å². The van der Waals surface area contributed by atoms with E-state index in [9.17, 15) is 14.4 Å². The van der Waals surface area contributed by atoms with Gasteiger partial charge in [0.25, 0.3) is 0 Å². The number of allylic oxidation sites excluding steroid dienone is 2. The fraction of sp³-hybridized carbons (Fsp3) is 0.276. The molecule has 7 heteroatoms. The molecular weight excluding hydrogens is 472 g/mol. The van der Waals surface area contributed by atoms with E-state index in [1.54, 1.807) is 13.8 Å². The van der Waals surface area contributed by atoms with E-state index in [2.05, 4.69) is 10.6 Å². The van der Waals surface area contributed by atoms with Crippen LogP contribution < -0.4 is 10.6 Å². The molecule has 1 aliphatic carbocycles. The number of dihydropyridines is 1. The number of benzene rings is 2. The van der Waals surface area contributed by atoms with Gasteiger partial charge in [-0.25, -0.2) is 4.79 Å². The molecule has 1 saturated carbocycles. The summed E-state index contributed by atoms with van der Waals surface area (Å²) in [5.74, 6) is -1.27. The van der Waals surface area contributed by atoms with Gasteiger partial charge in [0.15, 0.2) is 5.78 Å². The average Bonchev–Trinajstić information content (AvgIpc) is 3.56. The number of thiophene rings is 1. The van der Waals surface area contributed by atoms with Crippen LogP contribution in [-0.2, 0) is 31.1 Å². The Morgan fingerprint density at radius 3 is 2.36 bits per heavy atom. The lowest BCUT2D eigenvalue weighted by Gasteiger charge is -2.40. The third-order valence-electron chi connectivity index (χ3n) is 6.78. The molecule has 36 heavy (non-hydrogen) atoms. The second-order valence-corrected chi connectivity index (χ2v) is 10.3. The Labute approximate surface area is 214 Å². The van der Waals surface area contributed by atoms with Gasteiger partial charge < -0.3 is 15.4 Å². The second-order valence-electron chi connectivity index (χ2n) is 9.39. The molecule has 1 atom stereocenters. The first-order chi connectivity index (χ1) is 17.3. The highest BCUT2D eigenvalue weighted by molar-refractivity contribution is 7.17. The van der Waals surface area contributed by atoms with Gasteiger partial charge in [0.2, 0.25) is 5.91 Å². The van der Waals surface area contributed by atoms with Crippen LogP contribution in [0.2, 0.25) is 0 Å². The number of ketones is 1. The molecular formula is C29H28N2O4S. The van der Waals surface area contributed by atoms with Crippen LogP contribution in [0.3, 0.4) is 0 Å². The summed E-state index contributed by atoms with van der Waals surface area (Å²) < 4.78 is 6.76. The van der Waals surface area contributed by atoms with E-state index >= 15 is 0 Å². The third-order valence-corrected chi connectivity index (χ3v) is 7.75. The first-order valence-electron chi connectivity index (χ1n) is 12.0. The molecule has 0 bridgehead atoms. The summed E-state index contributed by atoms with van der Waals surface area (Å²) in [5, 5.41) is 9.04. The molecule has 5 rings (SSSR count). The Morgan fingerprint density at radius 1 is 1.00 bits per heavy atom. The fourth-order valence-electron chi connectivity index (χ4n) is 5.13. The molecule has 2 aromatic carbocycles. The molecule has 0 saturated heterocycles. The summed E-state index contributed by atoms with van der Waals surface area (Å²) >= 11 is 1.49. The van der Waals surface area contributed by atoms with E-state index in [1.165, 1.54) is 18.3 Å². The summed E-state index contributed by atoms with van der Waals surface area (Å²) in [6, 6.07) is 17.2. The molecule has 1 aromatic heterocycles. The zero-order valence-corrected chi connectivity index (χ0v) is 21.3. The van der Waals surface area contributed by atoms with Crippen molar-refractivity contribution in [2.24, 2.45) is 0 Å². The quantitative estimate of drug-likeness (QED) is 0.451. The SMILES string of the molecule is CC(=O)C1=C(C)NC(C)=C(C(=O)OCc2ccccc2)C1(C(=O)NC1CC1)c1csc2ccccc12. The first kappa shape index (κ1) is 24.0. The third kappa shape index (κ3) is 4.03. The average molecular weight is 501 g/mol. The van der Waals surface area contributed by atoms with Crippen LogP contribution in [-0.4, -0.2) is 23.7 Å². The minimum atomic E-state index is -1.64. The van der Waals surface area contributed by atoms with Gasteiger partial charge in [0, 0.05) is 27.7 Å². The predicted molar refractivity (Wildman–Crippen MR) is 140 cm³/mol. The van der Waals surface area contributed by atoms with Crippen LogP contribution >= 0.6 is 11.3 Å². The van der Waals surface area contributed by atoms with Crippen molar-refractivity contribution in [3.05, 3.63) is 93.6 Å². The van der Waals surface area contributed by atoms with E-state index in [1.807, 2.05) is 60.0 Å². The number of amides is 1. The van der Waals surface area contributed by atoms with Crippen molar-refractivity contribution in [2.75, 3.05) is 0 Å². The number of esters is 1. The number of Topliss-reactive ketones (excluding diaryl/α,β-unsaturated/α-hetero) is 1. The number of carbonyl (C=O) groups excluding carboxylic acids is 3. The molecule has 1 unspecified atom stereocenters.